The van der Waals surface area contributed by atoms with Crippen molar-refractivity contribution < 1.29 is 9.18 Å². The monoisotopic (exact) mass is 370 g/mol. The van der Waals surface area contributed by atoms with Gasteiger partial charge in [-0.25, -0.2) is 4.39 Å². The average Bonchev–Trinajstić information content (AvgIpc) is 2.64. The van der Waals surface area contributed by atoms with E-state index in [1.165, 1.54) is 29.0 Å². The van der Waals surface area contributed by atoms with Crippen LogP contribution < -0.4 is 10.9 Å². The van der Waals surface area contributed by atoms with E-state index < -0.39 is 0 Å². The van der Waals surface area contributed by atoms with Gasteiger partial charge in [-0.3, -0.25) is 9.59 Å². The van der Waals surface area contributed by atoms with Crippen molar-refractivity contribution in [3.05, 3.63) is 105 Å². The van der Waals surface area contributed by atoms with Gasteiger partial charge < -0.3 is 9.88 Å². The van der Waals surface area contributed by atoms with Crippen LogP contribution in [0, 0.1) is 5.82 Å². The summed E-state index contributed by atoms with van der Waals surface area (Å²) in [6.07, 6.45) is 1.47. The molecule has 0 fully saturated rings. The number of nitrogens with zero attached hydrogens (tertiary/aromatic N) is 1. The molecule has 26 heavy (non-hydrogen) atoms. The second-order valence-electron chi connectivity index (χ2n) is 5.75. The first-order chi connectivity index (χ1) is 12.5. The lowest BCUT2D eigenvalue weighted by Gasteiger charge is -2.10. The van der Waals surface area contributed by atoms with E-state index in [1.54, 1.807) is 30.3 Å². The van der Waals surface area contributed by atoms with Gasteiger partial charge in [0, 0.05) is 29.4 Å². The number of carbonyl (C=O) groups is 1. The van der Waals surface area contributed by atoms with Gasteiger partial charge in [0.2, 0.25) is 0 Å². The predicted octanol–water partition coefficient (Wildman–Crippen LogP) is 3.62. The van der Waals surface area contributed by atoms with Crippen molar-refractivity contribution in [2.24, 2.45) is 0 Å². The van der Waals surface area contributed by atoms with E-state index in [-0.39, 0.29) is 30.4 Å². The minimum atomic E-state index is -0.388. The van der Waals surface area contributed by atoms with Crippen LogP contribution in [0.4, 0.5) is 4.39 Å². The van der Waals surface area contributed by atoms with Crippen molar-refractivity contribution in [2.75, 3.05) is 0 Å². The van der Waals surface area contributed by atoms with Crippen molar-refractivity contribution in [3.63, 3.8) is 0 Å². The fourth-order valence-corrected chi connectivity index (χ4v) is 2.71. The van der Waals surface area contributed by atoms with Crippen LogP contribution in [-0.4, -0.2) is 10.5 Å². The molecule has 0 aliphatic carbocycles. The molecule has 1 N–H and O–H groups in total. The number of nitrogens with one attached hydrogen (secondary N) is 1. The molecule has 0 spiro atoms. The highest BCUT2D eigenvalue weighted by atomic mass is 35.5. The Morgan fingerprint density at radius 1 is 1.00 bits per heavy atom. The van der Waals surface area contributed by atoms with Gasteiger partial charge in [0.25, 0.3) is 11.5 Å². The van der Waals surface area contributed by atoms with Crippen LogP contribution in [-0.2, 0) is 13.1 Å². The number of amides is 1. The Kier molecular flexibility index (Phi) is 5.49. The van der Waals surface area contributed by atoms with Crippen molar-refractivity contribution in [1.29, 1.82) is 0 Å². The topological polar surface area (TPSA) is 51.1 Å². The van der Waals surface area contributed by atoms with Gasteiger partial charge >= 0.3 is 0 Å². The van der Waals surface area contributed by atoms with E-state index in [4.69, 9.17) is 11.6 Å². The fourth-order valence-electron chi connectivity index (χ4n) is 2.52. The summed E-state index contributed by atoms with van der Waals surface area (Å²) in [7, 11) is 0. The molecule has 0 aliphatic rings. The molecule has 1 amide bonds. The number of hydrogen-bond acceptors (Lipinski definition) is 2. The second kappa shape index (κ2) is 7.97. The van der Waals surface area contributed by atoms with Crippen LogP contribution in [0.5, 0.6) is 0 Å². The third-order valence-electron chi connectivity index (χ3n) is 3.94. The Balaban J connectivity index is 1.76. The number of aromatic nitrogens is 1. The number of hydrogen-bond donors (Lipinski definition) is 1. The van der Waals surface area contributed by atoms with Gasteiger partial charge in [-0.1, -0.05) is 48.0 Å². The fraction of sp³-hybridized carbons (Fsp3) is 0.100. The maximum atomic E-state index is 13.6. The van der Waals surface area contributed by atoms with Gasteiger partial charge in [0.05, 0.1) is 12.1 Å². The van der Waals surface area contributed by atoms with Crippen LogP contribution in [0.2, 0.25) is 5.02 Å². The molecule has 0 radical (unpaired) electrons. The Bertz CT molecular complexity index is 1000. The summed E-state index contributed by atoms with van der Waals surface area (Å²) in [6.45, 7) is 0.322. The Morgan fingerprint density at radius 2 is 1.69 bits per heavy atom. The lowest BCUT2D eigenvalue weighted by Crippen LogP contribution is -2.27. The summed E-state index contributed by atoms with van der Waals surface area (Å²) in [5.41, 5.74) is 1.24. The van der Waals surface area contributed by atoms with E-state index >= 15 is 0 Å². The summed E-state index contributed by atoms with van der Waals surface area (Å²) >= 11 is 6.13. The third-order valence-corrected chi connectivity index (χ3v) is 4.31. The molecular formula is C20H16ClFN2O2. The largest absolute Gasteiger partial charge is 0.348 e. The first kappa shape index (κ1) is 17.9. The summed E-state index contributed by atoms with van der Waals surface area (Å²) in [5, 5.41) is 3.21. The lowest BCUT2D eigenvalue weighted by molar-refractivity contribution is 0.0949. The van der Waals surface area contributed by atoms with Crippen LogP contribution in [0.1, 0.15) is 21.5 Å². The molecule has 0 bridgehead atoms. The van der Waals surface area contributed by atoms with Crippen molar-refractivity contribution >= 4 is 17.5 Å². The summed E-state index contributed by atoms with van der Waals surface area (Å²) in [6, 6.07) is 16.2. The number of pyridine rings is 1. The molecule has 132 valence electrons. The first-order valence-electron chi connectivity index (χ1n) is 8.00. The molecule has 0 saturated heterocycles. The highest BCUT2D eigenvalue weighted by Crippen LogP contribution is 2.15. The van der Waals surface area contributed by atoms with Gasteiger partial charge in [0.1, 0.15) is 5.82 Å². The molecule has 0 atom stereocenters. The highest BCUT2D eigenvalue weighted by Gasteiger charge is 2.10. The number of halogens is 2. The standard InChI is InChI=1S/C20H16ClFN2O2/c21-17-7-3-1-6-15(17)12-24-13-16(9-10-19(24)25)20(26)23-11-14-5-2-4-8-18(14)22/h1-10,13H,11-12H2,(H,23,26). The van der Waals surface area contributed by atoms with E-state index in [9.17, 15) is 14.0 Å². The Labute approximate surface area is 154 Å². The van der Waals surface area contributed by atoms with Gasteiger partial charge in [-0.05, 0) is 23.8 Å². The molecular weight excluding hydrogens is 355 g/mol. The lowest BCUT2D eigenvalue weighted by atomic mass is 10.2. The van der Waals surface area contributed by atoms with Crippen LogP contribution in [0.25, 0.3) is 0 Å². The van der Waals surface area contributed by atoms with E-state index in [0.717, 1.165) is 5.56 Å². The minimum Gasteiger partial charge on any atom is -0.348 e. The van der Waals surface area contributed by atoms with Gasteiger partial charge in [-0.2, -0.15) is 0 Å². The maximum Gasteiger partial charge on any atom is 0.253 e. The molecule has 1 heterocycles. The third kappa shape index (κ3) is 4.18. The Hall–Kier alpha value is -2.92. The second-order valence-corrected chi connectivity index (χ2v) is 6.16. The van der Waals surface area contributed by atoms with Crippen molar-refractivity contribution in [1.82, 2.24) is 9.88 Å². The first-order valence-corrected chi connectivity index (χ1v) is 8.38. The molecule has 1 aromatic heterocycles. The van der Waals surface area contributed by atoms with Crippen LogP contribution in [0.3, 0.4) is 0 Å². The van der Waals surface area contributed by atoms with Gasteiger partial charge in [-0.15, -0.1) is 0 Å². The van der Waals surface area contributed by atoms with Gasteiger partial charge in [0.15, 0.2) is 0 Å². The average molecular weight is 371 g/mol. The normalized spacial score (nSPS) is 10.5. The zero-order valence-electron chi connectivity index (χ0n) is 13.8. The minimum absolute atomic E-state index is 0.0646. The smallest absolute Gasteiger partial charge is 0.253 e. The van der Waals surface area contributed by atoms with Crippen molar-refractivity contribution in [2.45, 2.75) is 13.1 Å². The molecule has 6 heteroatoms. The zero-order chi connectivity index (χ0) is 18.5. The number of rotatable bonds is 5. The molecule has 4 nitrogen and oxygen atoms in total. The van der Waals surface area contributed by atoms with E-state index in [0.29, 0.717) is 16.1 Å². The number of carbonyl (C=O) groups excluding carboxylic acids is 1. The quantitative estimate of drug-likeness (QED) is 0.745. The van der Waals surface area contributed by atoms with Crippen molar-refractivity contribution in [3.8, 4) is 0 Å². The maximum absolute atomic E-state index is 13.6. The molecule has 3 rings (SSSR count). The number of benzene rings is 2. The molecule has 0 unspecified atom stereocenters. The summed E-state index contributed by atoms with van der Waals surface area (Å²) in [4.78, 5) is 24.4. The predicted molar refractivity (Wildman–Crippen MR) is 98.8 cm³/mol. The SMILES string of the molecule is O=C(NCc1ccccc1F)c1ccc(=O)n(Cc2ccccc2Cl)c1. The van der Waals surface area contributed by atoms with Crippen LogP contribution in [0.15, 0.2) is 71.7 Å². The highest BCUT2D eigenvalue weighted by molar-refractivity contribution is 6.31. The summed E-state index contributed by atoms with van der Waals surface area (Å²) < 4.78 is 15.0. The Morgan fingerprint density at radius 3 is 2.42 bits per heavy atom. The van der Waals surface area contributed by atoms with E-state index in [2.05, 4.69) is 5.32 Å². The van der Waals surface area contributed by atoms with E-state index in [1.807, 2.05) is 12.1 Å². The molecule has 0 saturated carbocycles. The zero-order valence-corrected chi connectivity index (χ0v) is 14.5. The van der Waals surface area contributed by atoms with Crippen LogP contribution >= 0.6 is 11.6 Å². The summed E-state index contributed by atoms with van der Waals surface area (Å²) in [5.74, 6) is -0.766. The molecule has 2 aromatic carbocycles. The molecule has 3 aromatic rings. The molecule has 0 aliphatic heterocycles.